The molecule has 5 aromatic rings. The lowest BCUT2D eigenvalue weighted by Crippen LogP contribution is -2.40. The van der Waals surface area contributed by atoms with Gasteiger partial charge < -0.3 is 14.2 Å². The molecule has 228 valence electrons. The van der Waals surface area contributed by atoms with Crippen LogP contribution in [0.25, 0.3) is 16.8 Å². The lowest BCUT2D eigenvalue weighted by molar-refractivity contribution is -0.139. The summed E-state index contributed by atoms with van der Waals surface area (Å²) in [6.07, 6.45) is 1.78. The van der Waals surface area contributed by atoms with E-state index in [1.54, 1.807) is 45.2 Å². The van der Waals surface area contributed by atoms with Gasteiger partial charge in [-0.25, -0.2) is 9.79 Å². The number of fused-ring (bicyclic) bond motifs is 2. The number of aromatic nitrogens is 1. The number of allylic oxidation sites excluding steroid dienone is 1. The number of halogens is 2. The van der Waals surface area contributed by atoms with Crippen LogP contribution in [-0.4, -0.2) is 24.3 Å². The number of carbonyl (C=O) groups is 1. The zero-order valence-electron chi connectivity index (χ0n) is 24.7. The van der Waals surface area contributed by atoms with E-state index >= 15 is 0 Å². The Kier molecular flexibility index (Phi) is 8.94. The standard InChI is InChI=1S/C35H28BrClN2O5S/c1-4-43-34(41)31-20(2)38-35-39(32(31)25-14-7-8-15-27(25)37)33(40)30(45-35)17-23-16-28(42-3)29(18-26(23)36)44-19-22-12-9-11-21-10-5-6-13-24(21)22/h5-18,32H,4,19H2,1-3H3/b30-17+/t32-/m1/s1. The number of rotatable bonds is 8. The molecule has 7 nitrogen and oxygen atoms in total. The molecule has 2 heterocycles. The largest absolute Gasteiger partial charge is 0.493 e. The van der Waals surface area contributed by atoms with Gasteiger partial charge in [0.05, 0.1) is 29.5 Å². The summed E-state index contributed by atoms with van der Waals surface area (Å²) < 4.78 is 20.0. The average molecular weight is 704 g/mol. The fraction of sp³-hybridized carbons (Fsp3) is 0.171. The van der Waals surface area contributed by atoms with Gasteiger partial charge in [0.2, 0.25) is 0 Å². The predicted molar refractivity (Wildman–Crippen MR) is 181 cm³/mol. The monoisotopic (exact) mass is 702 g/mol. The van der Waals surface area contributed by atoms with Crippen molar-refractivity contribution in [2.75, 3.05) is 13.7 Å². The van der Waals surface area contributed by atoms with E-state index in [0.717, 1.165) is 16.3 Å². The fourth-order valence-corrected chi connectivity index (χ4v) is 7.14. The molecule has 10 heteroatoms. The van der Waals surface area contributed by atoms with Crippen molar-refractivity contribution in [2.24, 2.45) is 4.99 Å². The number of nitrogens with zero attached hydrogens (tertiary/aromatic N) is 2. The van der Waals surface area contributed by atoms with E-state index in [9.17, 15) is 9.59 Å². The molecule has 0 aliphatic carbocycles. The number of methoxy groups -OCH3 is 1. The molecule has 1 aromatic heterocycles. The van der Waals surface area contributed by atoms with Crippen LogP contribution in [0.15, 0.2) is 104 Å². The Labute approximate surface area is 276 Å². The number of carbonyl (C=O) groups excluding carboxylic acids is 1. The summed E-state index contributed by atoms with van der Waals surface area (Å²) in [4.78, 5) is 32.3. The van der Waals surface area contributed by atoms with Crippen LogP contribution in [0.5, 0.6) is 11.5 Å². The summed E-state index contributed by atoms with van der Waals surface area (Å²) in [7, 11) is 1.58. The van der Waals surface area contributed by atoms with Crippen molar-refractivity contribution in [1.82, 2.24) is 4.57 Å². The first-order valence-electron chi connectivity index (χ1n) is 14.2. The van der Waals surface area contributed by atoms with Crippen molar-refractivity contribution in [3.05, 3.63) is 136 Å². The number of thiazole rings is 1. The Balaban J connectivity index is 1.40. The maximum absolute atomic E-state index is 14.0. The van der Waals surface area contributed by atoms with Crippen molar-refractivity contribution in [1.29, 1.82) is 0 Å². The molecule has 0 amide bonds. The van der Waals surface area contributed by atoms with Crippen LogP contribution in [0, 0.1) is 0 Å². The van der Waals surface area contributed by atoms with Crippen LogP contribution in [0.2, 0.25) is 5.02 Å². The molecule has 0 unspecified atom stereocenters. The highest BCUT2D eigenvalue weighted by molar-refractivity contribution is 9.10. The minimum atomic E-state index is -0.793. The van der Waals surface area contributed by atoms with E-state index in [2.05, 4.69) is 39.1 Å². The van der Waals surface area contributed by atoms with E-state index in [4.69, 9.17) is 25.8 Å². The third-order valence-corrected chi connectivity index (χ3v) is 9.56. The number of esters is 1. The molecule has 0 bridgehead atoms. The van der Waals surface area contributed by atoms with Crippen LogP contribution in [0.1, 0.15) is 36.6 Å². The molecule has 0 saturated heterocycles. The normalized spacial score (nSPS) is 14.7. The van der Waals surface area contributed by atoms with Crippen molar-refractivity contribution in [3.8, 4) is 11.5 Å². The maximum atomic E-state index is 14.0. The van der Waals surface area contributed by atoms with Gasteiger partial charge >= 0.3 is 5.97 Å². The van der Waals surface area contributed by atoms with Gasteiger partial charge in [-0.3, -0.25) is 9.36 Å². The van der Waals surface area contributed by atoms with E-state index in [-0.39, 0.29) is 17.7 Å². The highest BCUT2D eigenvalue weighted by Crippen LogP contribution is 2.36. The lowest BCUT2D eigenvalue weighted by Gasteiger charge is -2.25. The first-order valence-corrected chi connectivity index (χ1v) is 16.2. The zero-order valence-corrected chi connectivity index (χ0v) is 27.8. The SMILES string of the molecule is CCOC(=O)C1=C(C)N=c2s/c(=C/c3cc(OC)c(OCc4cccc5ccccc45)cc3Br)c(=O)n2[C@@H]1c1ccccc1Cl. The van der Waals surface area contributed by atoms with Gasteiger partial charge in [0.25, 0.3) is 5.56 Å². The Morgan fingerprint density at radius 3 is 2.60 bits per heavy atom. The number of hydrogen-bond donors (Lipinski definition) is 0. The predicted octanol–water partition coefficient (Wildman–Crippen LogP) is 6.96. The second-order valence-corrected chi connectivity index (χ2v) is 12.5. The van der Waals surface area contributed by atoms with Gasteiger partial charge in [-0.15, -0.1) is 0 Å². The summed E-state index contributed by atoms with van der Waals surface area (Å²) >= 11 is 11.5. The maximum Gasteiger partial charge on any atom is 0.338 e. The van der Waals surface area contributed by atoms with Crippen molar-refractivity contribution in [2.45, 2.75) is 26.5 Å². The van der Waals surface area contributed by atoms with E-state index in [0.29, 0.717) is 53.8 Å². The topological polar surface area (TPSA) is 79.1 Å². The van der Waals surface area contributed by atoms with Crippen molar-refractivity contribution < 1.29 is 19.0 Å². The molecule has 6 rings (SSSR count). The molecule has 1 atom stereocenters. The second kappa shape index (κ2) is 13.0. The molecular formula is C35H28BrClN2O5S. The van der Waals surface area contributed by atoms with Gasteiger partial charge in [0.15, 0.2) is 16.3 Å². The summed E-state index contributed by atoms with van der Waals surface area (Å²) in [6, 6.07) is 24.3. The van der Waals surface area contributed by atoms with Gasteiger partial charge in [0.1, 0.15) is 12.6 Å². The van der Waals surface area contributed by atoms with Gasteiger partial charge in [-0.1, -0.05) is 99.5 Å². The van der Waals surface area contributed by atoms with Crippen LogP contribution >= 0.6 is 38.9 Å². The molecule has 1 aliphatic heterocycles. The number of benzene rings is 4. The van der Waals surface area contributed by atoms with Crippen LogP contribution in [-0.2, 0) is 16.1 Å². The third kappa shape index (κ3) is 5.95. The number of ether oxygens (including phenoxy) is 3. The molecular weight excluding hydrogens is 676 g/mol. The molecule has 0 N–H and O–H groups in total. The second-order valence-electron chi connectivity index (χ2n) is 10.3. The minimum absolute atomic E-state index is 0.187. The Bertz CT molecular complexity index is 2170. The molecule has 1 aliphatic rings. The smallest absolute Gasteiger partial charge is 0.338 e. The highest BCUT2D eigenvalue weighted by Gasteiger charge is 2.34. The molecule has 45 heavy (non-hydrogen) atoms. The minimum Gasteiger partial charge on any atom is -0.493 e. The first kappa shape index (κ1) is 30.8. The first-order chi connectivity index (χ1) is 21.8. The summed E-state index contributed by atoms with van der Waals surface area (Å²) in [5.41, 5.74) is 2.83. The molecule has 0 fully saturated rings. The van der Waals surface area contributed by atoms with Gasteiger partial charge in [-0.05, 0) is 65.6 Å². The Morgan fingerprint density at radius 1 is 1.07 bits per heavy atom. The molecule has 0 spiro atoms. The molecule has 0 radical (unpaired) electrons. The summed E-state index contributed by atoms with van der Waals surface area (Å²) in [5, 5.41) is 2.70. The van der Waals surface area contributed by atoms with E-state index in [1.807, 2.05) is 42.5 Å². The molecule has 4 aromatic carbocycles. The third-order valence-electron chi connectivity index (χ3n) is 7.55. The average Bonchev–Trinajstić information content (AvgIpc) is 3.34. The lowest BCUT2D eigenvalue weighted by atomic mass is 9.96. The van der Waals surface area contributed by atoms with Crippen LogP contribution in [0.3, 0.4) is 0 Å². The number of hydrogen-bond acceptors (Lipinski definition) is 7. The highest BCUT2D eigenvalue weighted by atomic mass is 79.9. The van der Waals surface area contributed by atoms with E-state index in [1.165, 1.54) is 15.9 Å². The van der Waals surface area contributed by atoms with E-state index < -0.39 is 12.0 Å². The van der Waals surface area contributed by atoms with Crippen LogP contribution < -0.4 is 24.4 Å². The molecule has 0 saturated carbocycles. The summed E-state index contributed by atoms with van der Waals surface area (Å²) in [5.74, 6) is 0.542. The zero-order chi connectivity index (χ0) is 31.7. The van der Waals surface area contributed by atoms with Crippen LogP contribution in [0.4, 0.5) is 0 Å². The van der Waals surface area contributed by atoms with Gasteiger partial charge in [-0.2, -0.15) is 0 Å². The van der Waals surface area contributed by atoms with Crippen molar-refractivity contribution in [3.63, 3.8) is 0 Å². The Hall–Kier alpha value is -4.18. The van der Waals surface area contributed by atoms with Gasteiger partial charge in [0, 0.05) is 9.50 Å². The quantitative estimate of drug-likeness (QED) is 0.164. The summed E-state index contributed by atoms with van der Waals surface area (Å²) in [6.45, 7) is 4.02. The fourth-order valence-electron chi connectivity index (χ4n) is 5.43. The Morgan fingerprint density at radius 2 is 1.82 bits per heavy atom. The van der Waals surface area contributed by atoms with Crippen molar-refractivity contribution >= 4 is 61.7 Å².